The number of aromatic nitrogens is 2. The lowest BCUT2D eigenvalue weighted by atomic mass is 10.1. The van der Waals surface area contributed by atoms with Crippen LogP contribution < -0.4 is 10.2 Å². The molecule has 4 aromatic rings. The molecule has 1 aliphatic heterocycles. The fraction of sp³-hybridized carbons (Fsp3) is 0.250. The van der Waals surface area contributed by atoms with E-state index in [1.54, 1.807) is 16.2 Å². The van der Waals surface area contributed by atoms with Gasteiger partial charge in [0.2, 0.25) is 0 Å². The molecule has 0 spiro atoms. The first kappa shape index (κ1) is 16.3. The van der Waals surface area contributed by atoms with Gasteiger partial charge in [0.05, 0.1) is 15.9 Å². The molecule has 4 nitrogen and oxygen atoms in total. The Kier molecular flexibility index (Phi) is 4.17. The summed E-state index contributed by atoms with van der Waals surface area (Å²) in [7, 11) is 0. The molecule has 1 fully saturated rings. The van der Waals surface area contributed by atoms with Crippen LogP contribution in [-0.4, -0.2) is 35.6 Å². The third kappa shape index (κ3) is 2.81. The second-order valence-corrected chi connectivity index (χ2v) is 8.34. The van der Waals surface area contributed by atoms with E-state index >= 15 is 0 Å². The van der Waals surface area contributed by atoms with E-state index in [4.69, 9.17) is 16.6 Å². The summed E-state index contributed by atoms with van der Waals surface area (Å²) in [5, 5.41) is 3.18. The number of quaternary nitrogens is 2. The number of hydrogen-bond donors (Lipinski definition) is 2. The Labute approximate surface area is 161 Å². The van der Waals surface area contributed by atoms with E-state index in [0.29, 0.717) is 0 Å². The second kappa shape index (κ2) is 6.67. The van der Waals surface area contributed by atoms with Crippen molar-refractivity contribution < 1.29 is 10.2 Å². The summed E-state index contributed by atoms with van der Waals surface area (Å²) in [6, 6.07) is 16.7. The first-order valence-corrected chi connectivity index (χ1v) is 10.3. The van der Waals surface area contributed by atoms with Crippen LogP contribution in [0.3, 0.4) is 0 Å². The van der Waals surface area contributed by atoms with Crippen LogP contribution in [0.2, 0.25) is 5.02 Å². The number of nitrogens with zero attached hydrogens (tertiary/aromatic N) is 2. The van der Waals surface area contributed by atoms with Crippen molar-refractivity contribution in [1.29, 1.82) is 0 Å². The lowest BCUT2D eigenvalue weighted by molar-refractivity contribution is -0.958. The number of hydrogen-bond acceptors (Lipinski definition) is 2. The molecular formula is C20H21ClN4S+2. The zero-order chi connectivity index (χ0) is 17.5. The van der Waals surface area contributed by atoms with Crippen LogP contribution in [0.5, 0.6) is 0 Å². The lowest BCUT2D eigenvalue weighted by Crippen LogP contribution is -3.19. The number of rotatable bonds is 3. The Bertz CT molecular complexity index is 1060. The van der Waals surface area contributed by atoms with Crippen molar-refractivity contribution in [1.82, 2.24) is 9.38 Å². The van der Waals surface area contributed by atoms with E-state index < -0.39 is 0 Å². The predicted molar refractivity (Wildman–Crippen MR) is 107 cm³/mol. The topological polar surface area (TPSA) is 38.4 Å². The van der Waals surface area contributed by atoms with E-state index in [1.165, 1.54) is 42.1 Å². The van der Waals surface area contributed by atoms with Crippen LogP contribution >= 0.6 is 22.9 Å². The van der Waals surface area contributed by atoms with Gasteiger partial charge in [-0.1, -0.05) is 47.2 Å². The highest BCUT2D eigenvalue weighted by Gasteiger charge is 2.24. The molecule has 0 amide bonds. The molecule has 26 heavy (non-hydrogen) atoms. The van der Waals surface area contributed by atoms with E-state index in [2.05, 4.69) is 46.1 Å². The van der Waals surface area contributed by atoms with E-state index in [9.17, 15) is 0 Å². The Morgan fingerprint density at radius 1 is 1.08 bits per heavy atom. The largest absolute Gasteiger partial charge is 0.337 e. The van der Waals surface area contributed by atoms with Gasteiger partial charge < -0.3 is 10.2 Å². The van der Waals surface area contributed by atoms with E-state index in [0.717, 1.165) is 27.8 Å². The Morgan fingerprint density at radius 3 is 2.65 bits per heavy atom. The maximum atomic E-state index is 6.10. The summed E-state index contributed by atoms with van der Waals surface area (Å²) in [5.74, 6) is 0. The Hall–Kier alpha value is -1.92. The van der Waals surface area contributed by atoms with E-state index in [1.807, 2.05) is 12.1 Å². The average molecular weight is 385 g/mol. The minimum atomic E-state index is 0.763. The number of para-hydroxylation sites is 1. The van der Waals surface area contributed by atoms with Crippen molar-refractivity contribution in [2.75, 3.05) is 26.2 Å². The number of imidazole rings is 1. The molecule has 0 bridgehead atoms. The molecule has 3 N–H and O–H groups in total. The summed E-state index contributed by atoms with van der Waals surface area (Å²) in [6.07, 6.45) is 0. The first-order valence-electron chi connectivity index (χ1n) is 9.09. The van der Waals surface area contributed by atoms with Crippen molar-refractivity contribution in [2.45, 2.75) is 6.54 Å². The van der Waals surface area contributed by atoms with Gasteiger partial charge in [0.15, 0.2) is 4.96 Å². The Morgan fingerprint density at radius 2 is 1.85 bits per heavy atom. The molecule has 2 aromatic carbocycles. The molecule has 5 rings (SSSR count). The van der Waals surface area contributed by atoms with Crippen LogP contribution in [-0.2, 0) is 6.54 Å². The van der Waals surface area contributed by atoms with Crippen molar-refractivity contribution in [3.8, 4) is 11.3 Å². The van der Waals surface area contributed by atoms with Gasteiger partial charge in [-0.25, -0.2) is 4.98 Å². The molecule has 0 atom stereocenters. The molecule has 0 aliphatic carbocycles. The fourth-order valence-electron chi connectivity index (χ4n) is 3.87. The molecule has 132 valence electrons. The van der Waals surface area contributed by atoms with E-state index in [-0.39, 0.29) is 0 Å². The fourth-order valence-corrected chi connectivity index (χ4v) is 5.04. The molecule has 6 heteroatoms. The van der Waals surface area contributed by atoms with Crippen LogP contribution in [0.25, 0.3) is 26.4 Å². The Balaban J connectivity index is 1.70. The highest BCUT2D eigenvalue weighted by atomic mass is 35.5. The van der Waals surface area contributed by atoms with Gasteiger partial charge in [-0.3, -0.25) is 4.40 Å². The second-order valence-electron chi connectivity index (χ2n) is 6.89. The van der Waals surface area contributed by atoms with Crippen molar-refractivity contribution in [2.24, 2.45) is 0 Å². The number of thiazole rings is 1. The van der Waals surface area contributed by atoms with Crippen LogP contribution in [0.4, 0.5) is 0 Å². The SMILES string of the molecule is Clc1ccc(-c2nc3sc4ccccc4n3c2C[NH+]2CC[NH2+]CC2)cc1. The third-order valence-corrected chi connectivity index (χ3v) is 6.46. The van der Waals surface area contributed by atoms with Crippen LogP contribution in [0, 0.1) is 0 Å². The number of piperazine rings is 1. The van der Waals surface area contributed by atoms with Crippen LogP contribution in [0.1, 0.15) is 5.69 Å². The molecule has 3 heterocycles. The molecule has 1 saturated heterocycles. The van der Waals surface area contributed by atoms with Gasteiger partial charge in [-0.2, -0.15) is 0 Å². The molecular weight excluding hydrogens is 364 g/mol. The number of nitrogens with one attached hydrogen (secondary N) is 1. The summed E-state index contributed by atoms with van der Waals surface area (Å²) in [5.41, 5.74) is 4.82. The third-order valence-electron chi connectivity index (χ3n) is 5.19. The van der Waals surface area contributed by atoms with Crippen LogP contribution in [0.15, 0.2) is 48.5 Å². The summed E-state index contributed by atoms with van der Waals surface area (Å²) < 4.78 is 3.66. The highest BCUT2D eigenvalue weighted by molar-refractivity contribution is 7.23. The van der Waals surface area contributed by atoms with Gasteiger partial charge in [0.25, 0.3) is 0 Å². The minimum Gasteiger partial charge on any atom is -0.337 e. The number of halogens is 1. The number of nitrogens with two attached hydrogens (primary N) is 1. The van der Waals surface area contributed by atoms with Crippen molar-refractivity contribution in [3.05, 3.63) is 59.2 Å². The predicted octanol–water partition coefficient (Wildman–Crippen LogP) is 1.83. The number of benzene rings is 2. The van der Waals surface area contributed by atoms with Crippen molar-refractivity contribution in [3.63, 3.8) is 0 Å². The molecule has 0 saturated carbocycles. The number of fused-ring (bicyclic) bond motifs is 3. The normalized spacial score (nSPS) is 15.9. The maximum Gasteiger partial charge on any atom is 0.195 e. The summed E-state index contributed by atoms with van der Waals surface area (Å²) in [6.45, 7) is 5.83. The van der Waals surface area contributed by atoms with Gasteiger partial charge in [0.1, 0.15) is 38.4 Å². The molecule has 0 unspecified atom stereocenters. The zero-order valence-corrected chi connectivity index (χ0v) is 16.0. The van der Waals surface area contributed by atoms with Gasteiger partial charge in [-0.15, -0.1) is 0 Å². The standard InChI is InChI=1S/C20H19ClN4S/c21-15-7-5-14(6-8-15)19-17(13-24-11-9-22-10-12-24)25-16-3-1-2-4-18(16)26-20(25)23-19/h1-8,22H,9-13H2/p+2. The summed E-state index contributed by atoms with van der Waals surface area (Å²) >= 11 is 7.87. The first-order chi connectivity index (χ1) is 12.8. The molecule has 1 aliphatic rings. The maximum absolute atomic E-state index is 6.10. The lowest BCUT2D eigenvalue weighted by Gasteiger charge is -2.22. The molecule has 0 radical (unpaired) electrons. The van der Waals surface area contributed by atoms with Gasteiger partial charge in [0, 0.05) is 10.6 Å². The smallest absolute Gasteiger partial charge is 0.195 e. The minimum absolute atomic E-state index is 0.763. The highest BCUT2D eigenvalue weighted by Crippen LogP contribution is 2.33. The van der Waals surface area contributed by atoms with Crippen molar-refractivity contribution >= 4 is 38.1 Å². The molecule has 2 aromatic heterocycles. The summed E-state index contributed by atoms with van der Waals surface area (Å²) in [4.78, 5) is 7.75. The van der Waals surface area contributed by atoms with Gasteiger partial charge in [-0.05, 0) is 24.3 Å². The quantitative estimate of drug-likeness (QED) is 0.555. The van der Waals surface area contributed by atoms with Gasteiger partial charge >= 0.3 is 0 Å². The monoisotopic (exact) mass is 384 g/mol. The zero-order valence-electron chi connectivity index (χ0n) is 14.4. The average Bonchev–Trinajstić information content (AvgIpc) is 3.20.